The summed E-state index contributed by atoms with van der Waals surface area (Å²) in [5, 5.41) is 4.65. The average molecular weight is 264 g/mol. The van der Waals surface area contributed by atoms with Crippen molar-refractivity contribution in [3.8, 4) is 0 Å². The van der Waals surface area contributed by atoms with Crippen LogP contribution in [-0.4, -0.2) is 33.8 Å². The second-order valence-electron chi connectivity index (χ2n) is 5.49. The van der Waals surface area contributed by atoms with E-state index in [0.717, 1.165) is 45.1 Å². The molecule has 1 aromatic heterocycles. The van der Waals surface area contributed by atoms with Crippen LogP contribution in [0.3, 0.4) is 0 Å². The lowest BCUT2D eigenvalue weighted by Crippen LogP contribution is -2.41. The van der Waals surface area contributed by atoms with Gasteiger partial charge < -0.3 is 5.73 Å². The average Bonchev–Trinajstić information content (AvgIpc) is 2.76. The van der Waals surface area contributed by atoms with Crippen molar-refractivity contribution in [2.24, 2.45) is 5.73 Å². The van der Waals surface area contributed by atoms with Crippen LogP contribution in [0, 0.1) is 0 Å². The summed E-state index contributed by atoms with van der Waals surface area (Å²) in [5.74, 6) is 0. The van der Waals surface area contributed by atoms with Crippen LogP contribution < -0.4 is 5.73 Å². The second kappa shape index (κ2) is 7.06. The molecule has 4 heteroatoms. The van der Waals surface area contributed by atoms with Crippen LogP contribution in [0.4, 0.5) is 0 Å². The first-order valence-electron chi connectivity index (χ1n) is 7.78. The SMILES string of the molecule is CCc1cc(CN(CCCN)C2CCC2)n(CC)n1. The molecule has 0 unspecified atom stereocenters. The van der Waals surface area contributed by atoms with Crippen molar-refractivity contribution in [2.75, 3.05) is 13.1 Å². The first-order valence-corrected chi connectivity index (χ1v) is 7.78. The molecule has 1 aliphatic carbocycles. The Morgan fingerprint density at radius 2 is 2.21 bits per heavy atom. The molecule has 2 rings (SSSR count). The van der Waals surface area contributed by atoms with E-state index in [1.54, 1.807) is 0 Å². The van der Waals surface area contributed by atoms with E-state index in [-0.39, 0.29) is 0 Å². The largest absolute Gasteiger partial charge is 0.330 e. The van der Waals surface area contributed by atoms with Crippen molar-refractivity contribution in [3.63, 3.8) is 0 Å². The Bertz CT molecular complexity index is 381. The summed E-state index contributed by atoms with van der Waals surface area (Å²) in [6.45, 7) is 8.25. The number of hydrogen-bond acceptors (Lipinski definition) is 3. The van der Waals surface area contributed by atoms with Crippen LogP contribution in [0.5, 0.6) is 0 Å². The third-order valence-corrected chi connectivity index (χ3v) is 4.18. The molecule has 1 aliphatic rings. The number of aromatic nitrogens is 2. The molecule has 1 aromatic rings. The number of hydrogen-bond donors (Lipinski definition) is 1. The molecule has 0 saturated heterocycles. The van der Waals surface area contributed by atoms with Gasteiger partial charge in [-0.3, -0.25) is 9.58 Å². The normalized spacial score (nSPS) is 16.0. The molecule has 0 aliphatic heterocycles. The van der Waals surface area contributed by atoms with E-state index in [2.05, 4.69) is 34.6 Å². The molecule has 1 fully saturated rings. The van der Waals surface area contributed by atoms with Crippen LogP contribution in [0.2, 0.25) is 0 Å². The fourth-order valence-corrected chi connectivity index (χ4v) is 2.73. The molecule has 19 heavy (non-hydrogen) atoms. The topological polar surface area (TPSA) is 47.1 Å². The van der Waals surface area contributed by atoms with Crippen molar-refractivity contribution >= 4 is 0 Å². The minimum atomic E-state index is 0.775. The van der Waals surface area contributed by atoms with E-state index < -0.39 is 0 Å². The van der Waals surface area contributed by atoms with Gasteiger partial charge >= 0.3 is 0 Å². The molecule has 0 amide bonds. The van der Waals surface area contributed by atoms with Gasteiger partial charge in [0.05, 0.1) is 11.4 Å². The standard InChI is InChI=1S/C15H28N4/c1-3-13-11-15(19(4-2)17-13)12-18(10-6-9-16)14-7-5-8-14/h11,14H,3-10,12,16H2,1-2H3. The van der Waals surface area contributed by atoms with E-state index >= 15 is 0 Å². The van der Waals surface area contributed by atoms with Crippen molar-refractivity contribution in [1.29, 1.82) is 0 Å². The summed E-state index contributed by atoms with van der Waals surface area (Å²) in [6.07, 6.45) is 6.21. The van der Waals surface area contributed by atoms with Crippen LogP contribution in [-0.2, 0) is 19.5 Å². The molecule has 2 N–H and O–H groups in total. The summed E-state index contributed by atoms with van der Waals surface area (Å²) in [7, 11) is 0. The fraction of sp³-hybridized carbons (Fsp3) is 0.800. The zero-order valence-corrected chi connectivity index (χ0v) is 12.4. The summed E-state index contributed by atoms with van der Waals surface area (Å²) in [4.78, 5) is 2.61. The van der Waals surface area contributed by atoms with Gasteiger partial charge in [-0.15, -0.1) is 0 Å². The molecule has 108 valence electrons. The van der Waals surface area contributed by atoms with Crippen LogP contribution >= 0.6 is 0 Å². The van der Waals surface area contributed by atoms with Crippen LogP contribution in [0.15, 0.2) is 6.07 Å². The monoisotopic (exact) mass is 264 g/mol. The van der Waals surface area contributed by atoms with Gasteiger partial charge in [0.2, 0.25) is 0 Å². The zero-order valence-electron chi connectivity index (χ0n) is 12.4. The lowest BCUT2D eigenvalue weighted by molar-refractivity contribution is 0.115. The maximum absolute atomic E-state index is 5.67. The van der Waals surface area contributed by atoms with Crippen molar-refractivity contribution in [3.05, 3.63) is 17.5 Å². The summed E-state index contributed by atoms with van der Waals surface area (Å²) < 4.78 is 2.16. The Morgan fingerprint density at radius 1 is 1.42 bits per heavy atom. The molecule has 4 nitrogen and oxygen atoms in total. The summed E-state index contributed by atoms with van der Waals surface area (Å²) >= 11 is 0. The molecule has 1 heterocycles. The Morgan fingerprint density at radius 3 is 2.74 bits per heavy atom. The predicted octanol–water partition coefficient (Wildman–Crippen LogP) is 2.17. The summed E-state index contributed by atoms with van der Waals surface area (Å²) in [6, 6.07) is 3.05. The Balaban J connectivity index is 2.04. The van der Waals surface area contributed by atoms with Gasteiger partial charge in [0.15, 0.2) is 0 Å². The fourth-order valence-electron chi connectivity index (χ4n) is 2.73. The van der Waals surface area contributed by atoms with E-state index in [0.29, 0.717) is 0 Å². The minimum Gasteiger partial charge on any atom is -0.330 e. The number of aryl methyl sites for hydroxylation is 2. The lowest BCUT2D eigenvalue weighted by atomic mass is 9.91. The van der Waals surface area contributed by atoms with Gasteiger partial charge in [0, 0.05) is 25.7 Å². The molecular formula is C15H28N4. The minimum absolute atomic E-state index is 0.775. The van der Waals surface area contributed by atoms with Gasteiger partial charge in [-0.1, -0.05) is 13.3 Å². The number of nitrogens with zero attached hydrogens (tertiary/aromatic N) is 3. The van der Waals surface area contributed by atoms with Gasteiger partial charge in [0.25, 0.3) is 0 Å². The first-order chi connectivity index (χ1) is 9.28. The zero-order chi connectivity index (χ0) is 13.7. The number of rotatable bonds is 8. The smallest absolute Gasteiger partial charge is 0.0625 e. The van der Waals surface area contributed by atoms with E-state index in [1.165, 1.54) is 30.7 Å². The molecule has 0 atom stereocenters. The Labute approximate surface area is 117 Å². The molecule has 0 radical (unpaired) electrons. The number of nitrogens with two attached hydrogens (primary N) is 1. The van der Waals surface area contributed by atoms with Crippen LogP contribution in [0.1, 0.15) is 50.9 Å². The van der Waals surface area contributed by atoms with E-state index in [1.807, 2.05) is 0 Å². The molecule has 1 saturated carbocycles. The molecular weight excluding hydrogens is 236 g/mol. The van der Waals surface area contributed by atoms with E-state index in [9.17, 15) is 0 Å². The highest BCUT2D eigenvalue weighted by Gasteiger charge is 2.25. The molecule has 0 bridgehead atoms. The maximum Gasteiger partial charge on any atom is 0.0625 e. The highest BCUT2D eigenvalue weighted by molar-refractivity contribution is 5.11. The van der Waals surface area contributed by atoms with Crippen molar-refractivity contribution < 1.29 is 0 Å². The summed E-state index contributed by atoms with van der Waals surface area (Å²) in [5.41, 5.74) is 8.24. The quantitative estimate of drug-likeness (QED) is 0.783. The van der Waals surface area contributed by atoms with Gasteiger partial charge in [-0.05, 0) is 45.2 Å². The maximum atomic E-state index is 5.67. The Hall–Kier alpha value is -0.870. The second-order valence-corrected chi connectivity index (χ2v) is 5.49. The lowest BCUT2D eigenvalue weighted by Gasteiger charge is -2.37. The first kappa shape index (κ1) is 14.5. The Kier molecular flexibility index (Phi) is 5.40. The molecule has 0 aromatic carbocycles. The predicted molar refractivity (Wildman–Crippen MR) is 79.0 cm³/mol. The van der Waals surface area contributed by atoms with E-state index in [4.69, 9.17) is 5.73 Å². The van der Waals surface area contributed by atoms with Gasteiger partial charge in [-0.25, -0.2) is 0 Å². The highest BCUT2D eigenvalue weighted by Crippen LogP contribution is 2.26. The highest BCUT2D eigenvalue weighted by atomic mass is 15.3. The van der Waals surface area contributed by atoms with Crippen molar-refractivity contribution in [1.82, 2.24) is 14.7 Å². The van der Waals surface area contributed by atoms with Gasteiger partial charge in [-0.2, -0.15) is 5.10 Å². The van der Waals surface area contributed by atoms with Crippen molar-refractivity contribution in [2.45, 2.75) is 65.1 Å². The molecule has 0 spiro atoms. The van der Waals surface area contributed by atoms with Crippen LogP contribution in [0.25, 0.3) is 0 Å². The third-order valence-electron chi connectivity index (χ3n) is 4.18. The third kappa shape index (κ3) is 3.57. The van der Waals surface area contributed by atoms with Gasteiger partial charge in [0.1, 0.15) is 0 Å².